The number of tetrazole rings is 1. The molecule has 26 heavy (non-hydrogen) atoms. The average Bonchev–Trinajstić information content (AvgIpc) is 3.24. The zero-order chi connectivity index (χ0) is 17.9. The zero-order valence-electron chi connectivity index (χ0n) is 13.5. The van der Waals surface area contributed by atoms with E-state index in [2.05, 4.69) is 42.8 Å². The largest absolute Gasteiger partial charge is 0.288 e. The molecule has 1 aliphatic carbocycles. The van der Waals surface area contributed by atoms with Crippen LogP contribution in [0.5, 0.6) is 0 Å². The Hall–Kier alpha value is -3.12. The van der Waals surface area contributed by atoms with Gasteiger partial charge in [-0.15, -0.1) is 16.4 Å². The van der Waals surface area contributed by atoms with Crippen LogP contribution in [0.3, 0.4) is 0 Å². The molecular formula is C17H13FN6OS. The number of carbonyl (C=O) groups is 1. The number of H-pyrrole nitrogens is 1. The van der Waals surface area contributed by atoms with E-state index in [9.17, 15) is 9.18 Å². The molecule has 0 unspecified atom stereocenters. The fourth-order valence-corrected chi connectivity index (χ4v) is 3.25. The first-order valence-corrected chi connectivity index (χ1v) is 8.89. The van der Waals surface area contributed by atoms with E-state index in [1.165, 1.54) is 48.8 Å². The van der Waals surface area contributed by atoms with Gasteiger partial charge < -0.3 is 0 Å². The second kappa shape index (κ2) is 7.01. The van der Waals surface area contributed by atoms with Crippen molar-refractivity contribution in [1.29, 1.82) is 0 Å². The lowest BCUT2D eigenvalue weighted by Crippen LogP contribution is -2.13. The Bertz CT molecular complexity index is 1000. The van der Waals surface area contributed by atoms with Crippen LogP contribution in [0.1, 0.15) is 51.8 Å². The molecule has 9 heteroatoms. The monoisotopic (exact) mass is 368 g/mol. The smallest absolute Gasteiger partial charge is 0.270 e. The second-order valence-corrected chi connectivity index (χ2v) is 6.70. The van der Waals surface area contributed by atoms with Gasteiger partial charge in [-0.3, -0.25) is 10.1 Å². The van der Waals surface area contributed by atoms with Gasteiger partial charge in [0, 0.05) is 16.9 Å². The molecule has 0 aliphatic heterocycles. The number of halogens is 1. The van der Waals surface area contributed by atoms with Crippen molar-refractivity contribution in [3.63, 3.8) is 0 Å². The average molecular weight is 368 g/mol. The number of benzene rings is 1. The number of anilines is 1. The standard InChI is InChI=1S/C17H13FN6OS/c18-13-6-4-12(16(25)20-17-21-23-24-22-17)8-11(13)5-7-15-19-14(9-26-15)10-2-1-3-10/h4,6,8-10H,1-3H2,(H2,20,21,22,23,24,25). The van der Waals surface area contributed by atoms with Gasteiger partial charge in [-0.05, 0) is 42.2 Å². The molecule has 1 saturated carbocycles. The lowest BCUT2D eigenvalue weighted by molar-refractivity contribution is 0.102. The molecular weight excluding hydrogens is 355 g/mol. The molecule has 2 heterocycles. The van der Waals surface area contributed by atoms with Crippen molar-refractivity contribution in [3.8, 4) is 11.8 Å². The lowest BCUT2D eigenvalue weighted by Gasteiger charge is -2.22. The van der Waals surface area contributed by atoms with Crippen LogP contribution in [-0.4, -0.2) is 31.5 Å². The predicted octanol–water partition coefficient (Wildman–Crippen LogP) is 2.71. The molecule has 0 bridgehead atoms. The number of hydrogen-bond donors (Lipinski definition) is 2. The van der Waals surface area contributed by atoms with E-state index >= 15 is 0 Å². The fourth-order valence-electron chi connectivity index (χ4n) is 2.51. The van der Waals surface area contributed by atoms with Crippen LogP contribution in [0.15, 0.2) is 23.6 Å². The summed E-state index contributed by atoms with van der Waals surface area (Å²) in [6.45, 7) is 0. The Kier molecular flexibility index (Phi) is 4.41. The third-order valence-corrected chi connectivity index (χ3v) is 4.92. The van der Waals surface area contributed by atoms with Gasteiger partial charge in [-0.1, -0.05) is 17.4 Å². The number of thiazole rings is 1. The molecule has 0 spiro atoms. The molecule has 7 nitrogen and oxygen atoms in total. The highest BCUT2D eigenvalue weighted by molar-refractivity contribution is 7.10. The molecule has 1 amide bonds. The number of nitrogens with zero attached hydrogens (tertiary/aromatic N) is 4. The first-order chi connectivity index (χ1) is 12.7. The van der Waals surface area contributed by atoms with Gasteiger partial charge in [0.2, 0.25) is 0 Å². The summed E-state index contributed by atoms with van der Waals surface area (Å²) in [5.74, 6) is 5.25. The molecule has 1 aliphatic rings. The number of aromatic nitrogens is 5. The summed E-state index contributed by atoms with van der Waals surface area (Å²) in [6, 6.07) is 3.96. The lowest BCUT2D eigenvalue weighted by atomic mass is 9.83. The van der Waals surface area contributed by atoms with Crippen molar-refractivity contribution in [3.05, 3.63) is 51.2 Å². The van der Waals surface area contributed by atoms with Crippen LogP contribution < -0.4 is 5.32 Å². The van der Waals surface area contributed by atoms with Crippen LogP contribution in [-0.2, 0) is 0 Å². The number of carbonyl (C=O) groups excluding carboxylic acids is 1. The van der Waals surface area contributed by atoms with Gasteiger partial charge in [0.25, 0.3) is 11.9 Å². The summed E-state index contributed by atoms with van der Waals surface area (Å²) in [5, 5.41) is 18.0. The normalized spacial score (nSPS) is 13.6. The Morgan fingerprint density at radius 1 is 1.35 bits per heavy atom. The molecule has 4 rings (SSSR count). The molecule has 2 N–H and O–H groups in total. The van der Waals surface area contributed by atoms with Gasteiger partial charge in [0.05, 0.1) is 11.3 Å². The van der Waals surface area contributed by atoms with Crippen LogP contribution in [0.4, 0.5) is 10.3 Å². The van der Waals surface area contributed by atoms with E-state index in [0.29, 0.717) is 10.9 Å². The highest BCUT2D eigenvalue weighted by atomic mass is 32.1. The Morgan fingerprint density at radius 2 is 2.23 bits per heavy atom. The van der Waals surface area contributed by atoms with Crippen LogP contribution in [0, 0.1) is 17.7 Å². The second-order valence-electron chi connectivity index (χ2n) is 5.84. The van der Waals surface area contributed by atoms with E-state index in [-0.39, 0.29) is 17.1 Å². The summed E-state index contributed by atoms with van der Waals surface area (Å²) in [5.41, 5.74) is 1.44. The summed E-state index contributed by atoms with van der Waals surface area (Å²) < 4.78 is 14.0. The molecule has 130 valence electrons. The molecule has 1 fully saturated rings. The number of amides is 1. The van der Waals surface area contributed by atoms with E-state index in [0.717, 1.165) is 5.69 Å². The van der Waals surface area contributed by atoms with Crippen LogP contribution in [0.2, 0.25) is 0 Å². The van der Waals surface area contributed by atoms with Gasteiger partial charge in [0.1, 0.15) is 5.82 Å². The summed E-state index contributed by atoms with van der Waals surface area (Å²) in [4.78, 5) is 16.7. The first kappa shape index (κ1) is 16.4. The topological polar surface area (TPSA) is 96.5 Å². The third kappa shape index (κ3) is 3.45. The Balaban J connectivity index is 1.53. The Labute approximate surface area is 152 Å². The van der Waals surface area contributed by atoms with Crippen molar-refractivity contribution in [2.75, 3.05) is 5.32 Å². The van der Waals surface area contributed by atoms with Crippen molar-refractivity contribution in [2.24, 2.45) is 0 Å². The molecule has 3 aromatic rings. The van der Waals surface area contributed by atoms with Crippen LogP contribution in [0.25, 0.3) is 0 Å². The SMILES string of the molecule is O=C(Nc1nn[nH]n1)c1ccc(F)c(C#Cc2nc(C3CCC3)cs2)c1. The highest BCUT2D eigenvalue weighted by Gasteiger charge is 2.21. The zero-order valence-corrected chi connectivity index (χ0v) is 14.3. The van der Waals surface area contributed by atoms with E-state index in [1.54, 1.807) is 0 Å². The van der Waals surface area contributed by atoms with Crippen molar-refractivity contribution < 1.29 is 9.18 Å². The summed E-state index contributed by atoms with van der Waals surface area (Å²) in [6.07, 6.45) is 3.58. The van der Waals surface area contributed by atoms with Crippen LogP contribution >= 0.6 is 11.3 Å². The first-order valence-electron chi connectivity index (χ1n) is 8.01. The minimum atomic E-state index is -0.496. The number of rotatable bonds is 3. The van der Waals surface area contributed by atoms with Gasteiger partial charge in [0.15, 0.2) is 5.01 Å². The van der Waals surface area contributed by atoms with Crippen molar-refractivity contribution in [1.82, 2.24) is 25.6 Å². The predicted molar refractivity (Wildman–Crippen MR) is 93.2 cm³/mol. The minimum absolute atomic E-state index is 0.0401. The van der Waals surface area contributed by atoms with Crippen molar-refractivity contribution in [2.45, 2.75) is 25.2 Å². The minimum Gasteiger partial charge on any atom is -0.288 e. The maximum absolute atomic E-state index is 14.0. The number of aromatic amines is 1. The Morgan fingerprint density at radius 3 is 2.96 bits per heavy atom. The highest BCUT2D eigenvalue weighted by Crippen LogP contribution is 2.36. The van der Waals surface area contributed by atoms with Gasteiger partial charge in [-0.2, -0.15) is 5.21 Å². The van der Waals surface area contributed by atoms with Gasteiger partial charge >= 0.3 is 0 Å². The molecule has 1 aromatic carbocycles. The fraction of sp³-hybridized carbons (Fsp3) is 0.235. The molecule has 0 radical (unpaired) electrons. The molecule has 0 saturated heterocycles. The number of nitrogens with one attached hydrogen (secondary N) is 2. The summed E-state index contributed by atoms with van der Waals surface area (Å²) in [7, 11) is 0. The quantitative estimate of drug-likeness (QED) is 0.693. The van der Waals surface area contributed by atoms with E-state index < -0.39 is 11.7 Å². The van der Waals surface area contributed by atoms with E-state index in [4.69, 9.17) is 0 Å². The molecule has 0 atom stereocenters. The van der Waals surface area contributed by atoms with Gasteiger partial charge in [-0.25, -0.2) is 9.37 Å². The van der Waals surface area contributed by atoms with Crippen molar-refractivity contribution >= 4 is 23.2 Å². The van der Waals surface area contributed by atoms with E-state index in [1.807, 2.05) is 5.38 Å². The summed E-state index contributed by atoms with van der Waals surface area (Å²) >= 11 is 1.45. The maximum atomic E-state index is 14.0. The number of hydrogen-bond acceptors (Lipinski definition) is 6. The molecule has 2 aromatic heterocycles. The maximum Gasteiger partial charge on any atom is 0.270 e. The third-order valence-electron chi connectivity index (χ3n) is 4.15.